The van der Waals surface area contributed by atoms with Crippen molar-refractivity contribution < 1.29 is 8.83 Å². The fourth-order valence-electron chi connectivity index (χ4n) is 21.1. The molecule has 0 saturated heterocycles. The summed E-state index contributed by atoms with van der Waals surface area (Å²) < 4.78 is 25.2. The van der Waals surface area contributed by atoms with Gasteiger partial charge < -0.3 is 31.7 Å². The molecule has 0 saturated carbocycles. The van der Waals surface area contributed by atoms with Crippen molar-refractivity contribution >= 4 is 153 Å². The first-order valence-corrected chi connectivity index (χ1v) is 42.8. The number of para-hydroxylation sites is 8. The molecule has 0 N–H and O–H groups in total. The van der Waals surface area contributed by atoms with Gasteiger partial charge in [0, 0.05) is 109 Å². The maximum atomic E-state index is 6.61. The molecule has 0 spiro atoms. The van der Waals surface area contributed by atoms with E-state index in [1.54, 1.807) is 0 Å². The average molecular weight is 1580 g/mol. The van der Waals surface area contributed by atoms with Gasteiger partial charge in [-0.15, -0.1) is 0 Å². The summed E-state index contributed by atoms with van der Waals surface area (Å²) >= 11 is 0. The molecule has 124 heavy (non-hydrogen) atoms. The van der Waals surface area contributed by atoms with E-state index < -0.39 is 0 Å². The van der Waals surface area contributed by atoms with Crippen LogP contribution in [0, 0.1) is 0 Å². The summed E-state index contributed by atoms with van der Waals surface area (Å²) in [6.45, 7) is 4.72. The highest BCUT2D eigenvalue weighted by Crippen LogP contribution is 2.53. The number of hydrogen-bond acceptors (Lipinski definition) is 2. The summed E-state index contributed by atoms with van der Waals surface area (Å²) in [7, 11) is 0. The number of furan rings is 2. The van der Waals surface area contributed by atoms with Gasteiger partial charge in [0.25, 0.3) is 0 Å². The van der Waals surface area contributed by atoms with Gasteiger partial charge in [-0.05, 0) is 255 Å². The Balaban J connectivity index is 0.000000133. The molecular formula is C117H75N5O2. The predicted octanol–water partition coefficient (Wildman–Crippen LogP) is 31.6. The van der Waals surface area contributed by atoms with Crippen molar-refractivity contribution in [2.75, 3.05) is 0 Å². The lowest BCUT2D eigenvalue weighted by Gasteiger charge is -2.21. The Hall–Kier alpha value is -16.2. The molecule has 19 aromatic carbocycles. The number of rotatable bonds is 9. The van der Waals surface area contributed by atoms with Crippen molar-refractivity contribution in [1.29, 1.82) is 0 Å². The molecule has 0 aliphatic heterocycles. The Labute approximate surface area is 712 Å². The summed E-state index contributed by atoms with van der Waals surface area (Å²) in [6, 6.07) is 152. The van der Waals surface area contributed by atoms with Crippen LogP contribution in [0.2, 0.25) is 0 Å². The van der Waals surface area contributed by atoms with Crippen LogP contribution in [-0.2, 0) is 5.41 Å². The van der Waals surface area contributed by atoms with Crippen molar-refractivity contribution in [1.82, 2.24) is 22.8 Å². The Kier molecular flexibility index (Phi) is 15.1. The van der Waals surface area contributed by atoms with Crippen LogP contribution in [0.3, 0.4) is 0 Å². The molecule has 0 bridgehead atoms. The van der Waals surface area contributed by atoms with E-state index in [9.17, 15) is 0 Å². The third-order valence-electron chi connectivity index (χ3n) is 26.7. The highest BCUT2D eigenvalue weighted by molar-refractivity contribution is 6.22. The van der Waals surface area contributed by atoms with Gasteiger partial charge in [-0.25, -0.2) is 0 Å². The molecule has 1 aliphatic rings. The average Bonchev–Trinajstić information content (AvgIpc) is 1.55. The van der Waals surface area contributed by atoms with Gasteiger partial charge in [-0.3, -0.25) is 0 Å². The van der Waals surface area contributed by atoms with E-state index >= 15 is 0 Å². The quantitative estimate of drug-likeness (QED) is 0.145. The summed E-state index contributed by atoms with van der Waals surface area (Å²) in [5.74, 6) is 0. The van der Waals surface area contributed by atoms with Crippen molar-refractivity contribution in [3.8, 4) is 84.1 Å². The third kappa shape index (κ3) is 10.4. The van der Waals surface area contributed by atoms with E-state index in [0.717, 1.165) is 94.4 Å². The largest absolute Gasteiger partial charge is 0.456 e. The van der Waals surface area contributed by atoms with Gasteiger partial charge in [-0.2, -0.15) is 0 Å². The van der Waals surface area contributed by atoms with Crippen LogP contribution >= 0.6 is 0 Å². The maximum Gasteiger partial charge on any atom is 0.136 e. The lowest BCUT2D eigenvalue weighted by molar-refractivity contribution is 0.661. The van der Waals surface area contributed by atoms with Crippen LogP contribution in [0.1, 0.15) is 25.0 Å². The van der Waals surface area contributed by atoms with Crippen LogP contribution in [0.5, 0.6) is 0 Å². The zero-order valence-electron chi connectivity index (χ0n) is 67.9. The molecule has 7 aromatic heterocycles. The van der Waals surface area contributed by atoms with Gasteiger partial charge in [0.1, 0.15) is 22.3 Å². The molecule has 7 heteroatoms. The number of benzene rings is 19. The molecule has 580 valence electrons. The smallest absolute Gasteiger partial charge is 0.136 e. The van der Waals surface area contributed by atoms with Crippen molar-refractivity contribution in [3.63, 3.8) is 0 Å². The molecule has 27 rings (SSSR count). The van der Waals surface area contributed by atoms with E-state index in [4.69, 9.17) is 8.83 Å². The SMILES string of the molecule is CC1(C)c2ccccc2-c2cc3c4cc(-c5ccc6oc7cccc(-c8ccc9c(c8)c8ccccc8n9-c8ccccc8)c7c6c5)ccc4n(-c4ccccc4)c3cc21.c1ccc(-n2c3ccccc3c3cc(-c4cccc5oc6ccc(-c7ccc8c(c7)c7cc9c%10ccccc%10n(-c%10ccccc%10)c9cc7n8-c7ccccc7)cc6c45)ccc32)cc1. The monoisotopic (exact) mass is 1580 g/mol. The zero-order chi connectivity index (χ0) is 81.6. The first-order valence-electron chi connectivity index (χ1n) is 42.8. The van der Waals surface area contributed by atoms with Crippen molar-refractivity contribution in [3.05, 3.63) is 430 Å². The lowest BCUT2D eigenvalue weighted by atomic mass is 9.82. The van der Waals surface area contributed by atoms with Gasteiger partial charge in [0.05, 0.1) is 55.2 Å². The van der Waals surface area contributed by atoms with Crippen molar-refractivity contribution in [2.24, 2.45) is 0 Å². The summed E-state index contributed by atoms with van der Waals surface area (Å²) in [6.07, 6.45) is 0. The minimum Gasteiger partial charge on any atom is -0.456 e. The third-order valence-corrected chi connectivity index (χ3v) is 26.7. The van der Waals surface area contributed by atoms with E-state index in [2.05, 4.69) is 455 Å². The van der Waals surface area contributed by atoms with Gasteiger partial charge in [-0.1, -0.05) is 244 Å². The molecule has 1 aliphatic carbocycles. The van der Waals surface area contributed by atoms with E-state index in [1.165, 1.54) is 154 Å². The molecule has 26 aromatic rings. The van der Waals surface area contributed by atoms with E-state index in [1.807, 2.05) is 0 Å². The van der Waals surface area contributed by atoms with Gasteiger partial charge in [0.15, 0.2) is 0 Å². The lowest BCUT2D eigenvalue weighted by Crippen LogP contribution is -2.14. The topological polar surface area (TPSA) is 50.9 Å². The maximum absolute atomic E-state index is 6.61. The molecule has 0 atom stereocenters. The fraction of sp³-hybridized carbons (Fsp3) is 0.0256. The van der Waals surface area contributed by atoms with Gasteiger partial charge in [0.2, 0.25) is 0 Å². The summed E-state index contributed by atoms with van der Waals surface area (Å²) in [5, 5.41) is 16.9. The zero-order valence-corrected chi connectivity index (χ0v) is 67.9. The van der Waals surface area contributed by atoms with Crippen molar-refractivity contribution in [2.45, 2.75) is 19.3 Å². The second kappa shape index (κ2) is 26.9. The van der Waals surface area contributed by atoms with Gasteiger partial charge >= 0.3 is 0 Å². The standard InChI is InChI=1S/C60H37N3O.C57H38N2O/c1-4-15-41(16-5-1)61-52-24-12-10-21-45(52)47-35-40(28-31-54(47)61)44-23-14-26-59-60(44)51-34-39(29-32-58(51)64-59)38-27-30-55-48(33-38)50-36-49-46-22-11-13-25-53(46)62(42-17-6-2-7-18-42)56(49)37-57(50)63(55)43-19-8-3-9-20-43;1-57(2)48-21-11-9-18-41(48)43-33-46-45-30-35(24-27-52(45)59(53(46)34-49(43)57)39-16-7-4-8-17-39)36-26-29-54-47(31-36)56-40(20-13-23-55(56)60-54)37-25-28-51-44(32-37)42-19-10-12-22-50(42)58(51)38-14-5-3-6-15-38/h1-37H;3-34H,1-2H3. The number of fused-ring (bicyclic) bond motifs is 24. The minimum atomic E-state index is -0.0856. The second-order valence-electron chi connectivity index (χ2n) is 33.8. The first-order chi connectivity index (χ1) is 61.3. The van der Waals surface area contributed by atoms with Crippen LogP contribution < -0.4 is 0 Å². The van der Waals surface area contributed by atoms with Crippen LogP contribution in [0.4, 0.5) is 0 Å². The number of nitrogens with zero attached hydrogens (tertiary/aromatic N) is 5. The molecule has 7 heterocycles. The minimum absolute atomic E-state index is 0.0856. The Bertz CT molecular complexity index is 8940. The number of hydrogen-bond donors (Lipinski definition) is 0. The number of aromatic nitrogens is 5. The fourth-order valence-corrected chi connectivity index (χ4v) is 21.1. The van der Waals surface area contributed by atoms with Crippen LogP contribution in [-0.4, -0.2) is 22.8 Å². The molecule has 0 fully saturated rings. The normalized spacial score (nSPS) is 12.7. The molecule has 0 radical (unpaired) electrons. The Morgan fingerprint density at radius 1 is 0.169 bits per heavy atom. The predicted molar refractivity (Wildman–Crippen MR) is 518 cm³/mol. The second-order valence-corrected chi connectivity index (χ2v) is 33.8. The Morgan fingerprint density at radius 2 is 0.460 bits per heavy atom. The molecule has 7 nitrogen and oxygen atoms in total. The van der Waals surface area contributed by atoms with Crippen LogP contribution in [0.15, 0.2) is 427 Å². The van der Waals surface area contributed by atoms with E-state index in [-0.39, 0.29) is 5.41 Å². The van der Waals surface area contributed by atoms with Crippen LogP contribution in [0.25, 0.3) is 237 Å². The summed E-state index contributed by atoms with van der Waals surface area (Å²) in [4.78, 5) is 0. The van der Waals surface area contributed by atoms with E-state index in [0.29, 0.717) is 0 Å². The molecule has 0 amide bonds. The molecule has 0 unspecified atom stereocenters. The highest BCUT2D eigenvalue weighted by atomic mass is 16.3. The Morgan fingerprint density at radius 3 is 0.879 bits per heavy atom. The highest BCUT2D eigenvalue weighted by Gasteiger charge is 2.37. The summed E-state index contributed by atoms with van der Waals surface area (Å²) in [5.41, 5.74) is 36.0. The first kappa shape index (κ1) is 69.7. The molecular weight excluding hydrogens is 1510 g/mol.